The van der Waals surface area contributed by atoms with Gasteiger partial charge in [-0.15, -0.1) is 0 Å². The lowest BCUT2D eigenvalue weighted by atomic mass is 10.3. The summed E-state index contributed by atoms with van der Waals surface area (Å²) in [6.45, 7) is 6.16. The maximum Gasteiger partial charge on any atom is 0.234 e. The van der Waals surface area contributed by atoms with Gasteiger partial charge >= 0.3 is 0 Å². The number of ether oxygens (including phenoxy) is 1. The van der Waals surface area contributed by atoms with Crippen LogP contribution in [-0.4, -0.2) is 31.7 Å². The molecule has 0 aromatic rings. The number of primary amides is 1. The number of carbonyl (C=O) groups is 1. The zero-order valence-corrected chi connectivity index (χ0v) is 8.51. The molecule has 0 fully saturated rings. The predicted molar refractivity (Wildman–Crippen MR) is 52.4 cm³/mol. The topological polar surface area (TPSA) is 64.3 Å². The van der Waals surface area contributed by atoms with Crippen LogP contribution >= 0.6 is 0 Å². The standard InChI is InChI=1S/C9H20N2O2/c1-3-6-13-7-4-5-11-8(2)9(10)12/h8,11H,3-7H2,1-2H3,(H2,10,12). The van der Waals surface area contributed by atoms with Crippen LogP contribution in [0.5, 0.6) is 0 Å². The first-order chi connectivity index (χ1) is 6.18. The van der Waals surface area contributed by atoms with E-state index >= 15 is 0 Å². The summed E-state index contributed by atoms with van der Waals surface area (Å²) in [6, 6.07) is -0.244. The highest BCUT2D eigenvalue weighted by Gasteiger charge is 2.05. The number of nitrogens with two attached hydrogens (primary N) is 1. The zero-order valence-electron chi connectivity index (χ0n) is 8.51. The van der Waals surface area contributed by atoms with Crippen molar-refractivity contribution in [1.82, 2.24) is 5.32 Å². The largest absolute Gasteiger partial charge is 0.381 e. The molecular weight excluding hydrogens is 168 g/mol. The molecule has 1 unspecified atom stereocenters. The van der Waals surface area contributed by atoms with Gasteiger partial charge in [-0.25, -0.2) is 0 Å². The summed E-state index contributed by atoms with van der Waals surface area (Å²) in [5.74, 6) is -0.311. The first-order valence-corrected chi connectivity index (χ1v) is 4.79. The fraction of sp³-hybridized carbons (Fsp3) is 0.889. The Hall–Kier alpha value is -0.610. The zero-order chi connectivity index (χ0) is 10.1. The van der Waals surface area contributed by atoms with Gasteiger partial charge in [0.15, 0.2) is 0 Å². The van der Waals surface area contributed by atoms with Gasteiger partial charge in [0.2, 0.25) is 5.91 Å². The van der Waals surface area contributed by atoms with Gasteiger partial charge in [0, 0.05) is 13.2 Å². The Kier molecular flexibility index (Phi) is 7.63. The fourth-order valence-corrected chi connectivity index (χ4v) is 0.840. The molecular formula is C9H20N2O2. The summed E-state index contributed by atoms with van der Waals surface area (Å²) in [5.41, 5.74) is 5.07. The van der Waals surface area contributed by atoms with Crippen molar-refractivity contribution in [3.05, 3.63) is 0 Å². The quantitative estimate of drug-likeness (QED) is 0.537. The van der Waals surface area contributed by atoms with Gasteiger partial charge < -0.3 is 15.8 Å². The molecule has 0 bridgehead atoms. The Morgan fingerprint density at radius 3 is 2.77 bits per heavy atom. The second-order valence-corrected chi connectivity index (χ2v) is 3.04. The predicted octanol–water partition coefficient (Wildman–Crippen LogP) is 0.267. The third-order valence-electron chi connectivity index (χ3n) is 1.69. The highest BCUT2D eigenvalue weighted by Crippen LogP contribution is 1.85. The van der Waals surface area contributed by atoms with E-state index in [0.29, 0.717) is 0 Å². The van der Waals surface area contributed by atoms with Crippen molar-refractivity contribution < 1.29 is 9.53 Å². The summed E-state index contributed by atoms with van der Waals surface area (Å²) in [6.07, 6.45) is 1.96. The molecule has 0 aliphatic carbocycles. The Bertz CT molecular complexity index is 140. The molecule has 0 saturated carbocycles. The maximum atomic E-state index is 10.6. The third kappa shape index (κ3) is 7.74. The molecule has 4 nitrogen and oxygen atoms in total. The van der Waals surface area contributed by atoms with Gasteiger partial charge in [0.05, 0.1) is 6.04 Å². The SMILES string of the molecule is CCCOCCCNC(C)C(N)=O. The molecule has 0 saturated heterocycles. The molecule has 13 heavy (non-hydrogen) atoms. The molecule has 3 N–H and O–H groups in total. The van der Waals surface area contributed by atoms with E-state index in [1.54, 1.807) is 6.92 Å². The van der Waals surface area contributed by atoms with E-state index in [0.717, 1.165) is 32.6 Å². The van der Waals surface area contributed by atoms with E-state index in [9.17, 15) is 4.79 Å². The molecule has 0 spiro atoms. The van der Waals surface area contributed by atoms with Gasteiger partial charge in [0.1, 0.15) is 0 Å². The molecule has 78 valence electrons. The van der Waals surface area contributed by atoms with E-state index in [2.05, 4.69) is 12.2 Å². The van der Waals surface area contributed by atoms with Gasteiger partial charge in [0.25, 0.3) is 0 Å². The van der Waals surface area contributed by atoms with Crippen LogP contribution in [0, 0.1) is 0 Å². The lowest BCUT2D eigenvalue weighted by Gasteiger charge is -2.09. The number of nitrogens with one attached hydrogen (secondary N) is 1. The lowest BCUT2D eigenvalue weighted by Crippen LogP contribution is -2.39. The molecule has 0 radical (unpaired) electrons. The minimum atomic E-state index is -0.311. The second-order valence-electron chi connectivity index (χ2n) is 3.04. The number of hydrogen-bond donors (Lipinski definition) is 2. The van der Waals surface area contributed by atoms with Crippen molar-refractivity contribution in [2.45, 2.75) is 32.7 Å². The van der Waals surface area contributed by atoms with Crippen molar-refractivity contribution in [3.8, 4) is 0 Å². The van der Waals surface area contributed by atoms with E-state index < -0.39 is 0 Å². The van der Waals surface area contributed by atoms with Crippen molar-refractivity contribution in [1.29, 1.82) is 0 Å². The Labute approximate surface area is 79.8 Å². The summed E-state index contributed by atoms with van der Waals surface area (Å²) in [5, 5.41) is 3.00. The van der Waals surface area contributed by atoms with Crippen molar-refractivity contribution in [2.75, 3.05) is 19.8 Å². The van der Waals surface area contributed by atoms with Crippen LogP contribution in [0.25, 0.3) is 0 Å². The number of carbonyl (C=O) groups excluding carboxylic acids is 1. The molecule has 0 rings (SSSR count). The molecule has 0 aromatic heterocycles. The van der Waals surface area contributed by atoms with E-state index in [1.165, 1.54) is 0 Å². The van der Waals surface area contributed by atoms with Gasteiger partial charge in [-0.1, -0.05) is 6.92 Å². The molecule has 1 amide bonds. The van der Waals surface area contributed by atoms with Crippen LogP contribution in [0.15, 0.2) is 0 Å². The minimum Gasteiger partial charge on any atom is -0.381 e. The smallest absolute Gasteiger partial charge is 0.234 e. The fourth-order valence-electron chi connectivity index (χ4n) is 0.840. The monoisotopic (exact) mass is 188 g/mol. The van der Waals surface area contributed by atoms with Gasteiger partial charge in [-0.05, 0) is 26.3 Å². The normalized spacial score (nSPS) is 12.8. The molecule has 1 atom stereocenters. The Balaban J connectivity index is 3.11. The third-order valence-corrected chi connectivity index (χ3v) is 1.69. The average molecular weight is 188 g/mol. The number of rotatable bonds is 8. The molecule has 0 aromatic carbocycles. The van der Waals surface area contributed by atoms with E-state index in [-0.39, 0.29) is 11.9 Å². The van der Waals surface area contributed by atoms with Gasteiger partial charge in [-0.2, -0.15) is 0 Å². The second kappa shape index (κ2) is 8.01. The van der Waals surface area contributed by atoms with Crippen LogP contribution in [0.4, 0.5) is 0 Å². The minimum absolute atomic E-state index is 0.244. The van der Waals surface area contributed by atoms with Crippen LogP contribution in [-0.2, 0) is 9.53 Å². The van der Waals surface area contributed by atoms with Gasteiger partial charge in [-0.3, -0.25) is 4.79 Å². The van der Waals surface area contributed by atoms with Crippen LogP contribution in [0.1, 0.15) is 26.7 Å². The average Bonchev–Trinajstić information content (AvgIpc) is 2.10. The van der Waals surface area contributed by atoms with Crippen molar-refractivity contribution in [3.63, 3.8) is 0 Å². The van der Waals surface area contributed by atoms with Crippen molar-refractivity contribution in [2.24, 2.45) is 5.73 Å². The summed E-state index contributed by atoms with van der Waals surface area (Å²) < 4.78 is 5.27. The van der Waals surface area contributed by atoms with E-state index in [1.807, 2.05) is 0 Å². The number of hydrogen-bond acceptors (Lipinski definition) is 3. The first kappa shape index (κ1) is 12.4. The summed E-state index contributed by atoms with van der Waals surface area (Å²) >= 11 is 0. The molecule has 0 aliphatic rings. The molecule has 0 aliphatic heterocycles. The molecule has 4 heteroatoms. The molecule has 0 heterocycles. The van der Waals surface area contributed by atoms with Crippen LogP contribution < -0.4 is 11.1 Å². The van der Waals surface area contributed by atoms with E-state index in [4.69, 9.17) is 10.5 Å². The highest BCUT2D eigenvalue weighted by atomic mass is 16.5. The number of amides is 1. The van der Waals surface area contributed by atoms with Crippen LogP contribution in [0.3, 0.4) is 0 Å². The Morgan fingerprint density at radius 1 is 1.54 bits per heavy atom. The highest BCUT2D eigenvalue weighted by molar-refractivity contribution is 5.79. The maximum absolute atomic E-state index is 10.6. The first-order valence-electron chi connectivity index (χ1n) is 4.79. The Morgan fingerprint density at radius 2 is 2.23 bits per heavy atom. The lowest BCUT2D eigenvalue weighted by molar-refractivity contribution is -0.119. The van der Waals surface area contributed by atoms with Crippen molar-refractivity contribution >= 4 is 5.91 Å². The summed E-state index contributed by atoms with van der Waals surface area (Å²) in [7, 11) is 0. The summed E-state index contributed by atoms with van der Waals surface area (Å²) in [4.78, 5) is 10.6. The van der Waals surface area contributed by atoms with Crippen LogP contribution in [0.2, 0.25) is 0 Å².